The van der Waals surface area contributed by atoms with Gasteiger partial charge in [0.05, 0.1) is 6.61 Å². The summed E-state index contributed by atoms with van der Waals surface area (Å²) in [5.74, 6) is -1.99. The van der Waals surface area contributed by atoms with Gasteiger partial charge in [0.1, 0.15) is 11.9 Å². The number of halogens is 1. The van der Waals surface area contributed by atoms with E-state index in [2.05, 4.69) is 0 Å². The van der Waals surface area contributed by atoms with E-state index in [0.29, 0.717) is 18.5 Å². The molecule has 0 radical (unpaired) electrons. The molecule has 1 heterocycles. The predicted octanol–water partition coefficient (Wildman–Crippen LogP) is 2.33. The molecular weight excluding hydrogens is 341 g/mol. The van der Waals surface area contributed by atoms with Crippen LogP contribution in [0.25, 0.3) is 6.08 Å². The zero-order valence-electron chi connectivity index (χ0n) is 14.7. The Morgan fingerprint density at radius 1 is 1.27 bits per heavy atom. The number of hydrogen-bond donors (Lipinski definition) is 0. The summed E-state index contributed by atoms with van der Waals surface area (Å²) in [4.78, 5) is 37.4. The van der Waals surface area contributed by atoms with Crippen molar-refractivity contribution in [3.05, 3.63) is 41.7 Å². The Hall–Kier alpha value is -2.70. The molecule has 1 fully saturated rings. The monoisotopic (exact) mass is 363 g/mol. The lowest BCUT2D eigenvalue weighted by Gasteiger charge is -2.33. The highest BCUT2D eigenvalue weighted by atomic mass is 19.1. The van der Waals surface area contributed by atoms with Crippen molar-refractivity contribution in [2.45, 2.75) is 32.2 Å². The fourth-order valence-corrected chi connectivity index (χ4v) is 2.75. The highest BCUT2D eigenvalue weighted by Gasteiger charge is 2.33. The zero-order valence-corrected chi connectivity index (χ0v) is 14.7. The Balaban J connectivity index is 1.87. The Morgan fingerprint density at radius 2 is 2.08 bits per heavy atom. The third-order valence-corrected chi connectivity index (χ3v) is 3.98. The number of carbonyl (C=O) groups is 3. The molecule has 1 aliphatic rings. The summed E-state index contributed by atoms with van der Waals surface area (Å²) in [5, 5.41) is 0. The molecule has 1 amide bonds. The van der Waals surface area contributed by atoms with Gasteiger partial charge in [-0.15, -0.1) is 0 Å². The third-order valence-electron chi connectivity index (χ3n) is 3.98. The Kier molecular flexibility index (Phi) is 7.32. The second-order valence-electron chi connectivity index (χ2n) is 5.85. The van der Waals surface area contributed by atoms with E-state index in [9.17, 15) is 18.8 Å². The van der Waals surface area contributed by atoms with Gasteiger partial charge in [-0.1, -0.05) is 12.1 Å². The molecule has 140 valence electrons. The van der Waals surface area contributed by atoms with Crippen molar-refractivity contribution in [2.75, 3.05) is 19.8 Å². The molecule has 0 aliphatic carbocycles. The van der Waals surface area contributed by atoms with Crippen LogP contribution in [0.4, 0.5) is 4.39 Å². The molecule has 0 saturated carbocycles. The van der Waals surface area contributed by atoms with Gasteiger partial charge in [-0.2, -0.15) is 0 Å². The van der Waals surface area contributed by atoms with E-state index in [1.54, 1.807) is 13.0 Å². The van der Waals surface area contributed by atoms with E-state index in [0.717, 1.165) is 18.9 Å². The number of rotatable bonds is 6. The molecule has 0 aromatic heterocycles. The summed E-state index contributed by atoms with van der Waals surface area (Å²) >= 11 is 0. The van der Waals surface area contributed by atoms with Crippen molar-refractivity contribution in [3.8, 4) is 0 Å². The van der Waals surface area contributed by atoms with Gasteiger partial charge in [0.15, 0.2) is 6.61 Å². The van der Waals surface area contributed by atoms with Crippen LogP contribution in [0.15, 0.2) is 30.3 Å². The van der Waals surface area contributed by atoms with Gasteiger partial charge in [0, 0.05) is 12.6 Å². The Morgan fingerprint density at radius 3 is 2.81 bits per heavy atom. The number of ether oxygens (including phenoxy) is 2. The number of esters is 2. The van der Waals surface area contributed by atoms with Crippen molar-refractivity contribution in [1.82, 2.24) is 4.90 Å². The van der Waals surface area contributed by atoms with E-state index < -0.39 is 36.3 Å². The normalized spacial score (nSPS) is 17.2. The number of carbonyl (C=O) groups excluding carboxylic acids is 3. The number of likely N-dealkylation sites (tertiary alicyclic amines) is 1. The van der Waals surface area contributed by atoms with Crippen LogP contribution in [0.2, 0.25) is 0 Å². The van der Waals surface area contributed by atoms with Gasteiger partial charge in [-0.3, -0.25) is 4.79 Å². The van der Waals surface area contributed by atoms with Gasteiger partial charge in [0.25, 0.3) is 5.91 Å². The number of hydrogen-bond acceptors (Lipinski definition) is 5. The summed E-state index contributed by atoms with van der Waals surface area (Å²) < 4.78 is 23.0. The number of benzene rings is 1. The maximum Gasteiger partial charge on any atom is 0.331 e. The second kappa shape index (κ2) is 9.70. The minimum absolute atomic E-state index is 0.247. The average Bonchev–Trinajstić information content (AvgIpc) is 2.64. The molecule has 6 nitrogen and oxygen atoms in total. The summed E-state index contributed by atoms with van der Waals surface area (Å²) in [7, 11) is 0. The van der Waals surface area contributed by atoms with Crippen LogP contribution < -0.4 is 0 Å². The van der Waals surface area contributed by atoms with Gasteiger partial charge in [0.2, 0.25) is 0 Å². The zero-order chi connectivity index (χ0) is 18.9. The van der Waals surface area contributed by atoms with E-state index in [-0.39, 0.29) is 6.61 Å². The highest BCUT2D eigenvalue weighted by molar-refractivity contribution is 5.90. The van der Waals surface area contributed by atoms with Crippen LogP contribution in [0.1, 0.15) is 31.7 Å². The van der Waals surface area contributed by atoms with Crippen LogP contribution in [0.3, 0.4) is 0 Å². The van der Waals surface area contributed by atoms with Crippen molar-refractivity contribution < 1.29 is 28.2 Å². The van der Waals surface area contributed by atoms with Crippen molar-refractivity contribution in [2.24, 2.45) is 0 Å². The topological polar surface area (TPSA) is 72.9 Å². The van der Waals surface area contributed by atoms with Crippen LogP contribution in [-0.2, 0) is 23.9 Å². The van der Waals surface area contributed by atoms with Gasteiger partial charge in [-0.25, -0.2) is 14.0 Å². The number of amides is 1. The molecule has 0 N–H and O–H groups in total. The molecule has 26 heavy (non-hydrogen) atoms. The smallest absolute Gasteiger partial charge is 0.331 e. The maximum atomic E-state index is 13.1. The summed E-state index contributed by atoms with van der Waals surface area (Å²) in [6.07, 6.45) is 4.69. The highest BCUT2D eigenvalue weighted by Crippen LogP contribution is 2.18. The van der Waals surface area contributed by atoms with Gasteiger partial charge < -0.3 is 14.4 Å². The molecule has 1 saturated heterocycles. The summed E-state index contributed by atoms with van der Waals surface area (Å²) in [5.41, 5.74) is 0.506. The average molecular weight is 363 g/mol. The fourth-order valence-electron chi connectivity index (χ4n) is 2.75. The standard InChI is InChI=1S/C19H22FNO5/c1-2-25-19(24)16-8-3-4-11-21(16)17(22)13-26-18(23)10-9-14-6-5-7-15(20)12-14/h5-7,9-10,12,16H,2-4,8,11,13H2,1H3/b10-9+. The van der Waals surface area contributed by atoms with Gasteiger partial charge >= 0.3 is 11.9 Å². The molecule has 1 aromatic carbocycles. The minimum Gasteiger partial charge on any atom is -0.464 e. The summed E-state index contributed by atoms with van der Waals surface area (Å²) in [6, 6.07) is 5.10. The molecule has 0 spiro atoms. The van der Waals surface area contributed by atoms with Crippen molar-refractivity contribution in [3.63, 3.8) is 0 Å². The SMILES string of the molecule is CCOC(=O)C1CCCCN1C(=O)COC(=O)/C=C/c1cccc(F)c1. The number of nitrogens with zero attached hydrogens (tertiary/aromatic N) is 1. The van der Waals surface area contributed by atoms with Crippen LogP contribution in [0.5, 0.6) is 0 Å². The largest absolute Gasteiger partial charge is 0.464 e. The fraction of sp³-hybridized carbons (Fsp3) is 0.421. The molecule has 0 bridgehead atoms. The molecule has 1 atom stereocenters. The molecule has 2 rings (SSSR count). The first-order valence-electron chi connectivity index (χ1n) is 8.57. The molecular formula is C19H22FNO5. The van der Waals surface area contributed by atoms with E-state index in [4.69, 9.17) is 9.47 Å². The second-order valence-corrected chi connectivity index (χ2v) is 5.85. The first-order chi connectivity index (χ1) is 12.5. The maximum absolute atomic E-state index is 13.1. The van der Waals surface area contributed by atoms with Crippen LogP contribution in [0, 0.1) is 5.82 Å². The molecule has 1 aliphatic heterocycles. The summed E-state index contributed by atoms with van der Waals surface area (Å²) in [6.45, 7) is 1.93. The molecule has 7 heteroatoms. The Bertz CT molecular complexity index is 688. The van der Waals surface area contributed by atoms with E-state index >= 15 is 0 Å². The van der Waals surface area contributed by atoms with Crippen molar-refractivity contribution >= 4 is 23.9 Å². The third kappa shape index (κ3) is 5.68. The minimum atomic E-state index is -0.715. The first kappa shape index (κ1) is 19.6. The van der Waals surface area contributed by atoms with Crippen molar-refractivity contribution in [1.29, 1.82) is 0 Å². The quantitative estimate of drug-likeness (QED) is 0.573. The molecule has 1 aromatic rings. The van der Waals surface area contributed by atoms with Crippen LogP contribution in [-0.4, -0.2) is 48.5 Å². The molecule has 1 unspecified atom stereocenters. The lowest BCUT2D eigenvalue weighted by molar-refractivity contribution is -0.159. The van der Waals surface area contributed by atoms with E-state index in [1.165, 1.54) is 29.2 Å². The van der Waals surface area contributed by atoms with Crippen LogP contribution >= 0.6 is 0 Å². The van der Waals surface area contributed by atoms with E-state index in [1.807, 2.05) is 0 Å². The lowest BCUT2D eigenvalue weighted by atomic mass is 10.0. The predicted molar refractivity (Wildman–Crippen MR) is 92.4 cm³/mol. The first-order valence-corrected chi connectivity index (χ1v) is 8.57. The Labute approximate surface area is 151 Å². The number of piperidine rings is 1. The lowest BCUT2D eigenvalue weighted by Crippen LogP contribution is -2.50. The van der Waals surface area contributed by atoms with Gasteiger partial charge in [-0.05, 0) is 50.0 Å².